The van der Waals surface area contributed by atoms with Gasteiger partial charge in [0.1, 0.15) is 26.3 Å². The summed E-state index contributed by atoms with van der Waals surface area (Å²) in [5.74, 6) is 12.3. The molecule has 6 heterocycles. The minimum absolute atomic E-state index is 0. The number of aryl methyl sites for hydroxylation is 2. The van der Waals surface area contributed by atoms with Gasteiger partial charge in [0.2, 0.25) is 0 Å². The fraction of sp³-hybridized carbons (Fsp3) is 0.352. The quantitative estimate of drug-likeness (QED) is 0.105. The number of pyridine rings is 4. The highest BCUT2D eigenvalue weighted by Gasteiger charge is 2.22. The van der Waals surface area contributed by atoms with Crippen molar-refractivity contribution in [1.29, 1.82) is 0 Å². The molecule has 16 heteroatoms. The normalized spacial score (nSPS) is 11.7. The van der Waals surface area contributed by atoms with E-state index in [0.29, 0.717) is 5.39 Å². The monoisotopic (exact) mass is 1970 g/mol. The summed E-state index contributed by atoms with van der Waals surface area (Å²) in [6.45, 7) is 63.4. The Hall–Kier alpha value is -8.57. The predicted octanol–water partition coefficient (Wildman–Crippen LogP) is 32.7. The van der Waals surface area contributed by atoms with Crippen LogP contribution in [0.1, 0.15) is 239 Å². The molecule has 660 valence electrons. The molecule has 1 atom stereocenters. The number of nitrogens with one attached hydrogen (secondary N) is 1. The molecule has 0 saturated heterocycles. The van der Waals surface area contributed by atoms with Crippen molar-refractivity contribution in [2.24, 2.45) is 5.92 Å². The zero-order valence-electron chi connectivity index (χ0n) is 77.2. The highest BCUT2D eigenvalue weighted by atomic mass is 127. The van der Waals surface area contributed by atoms with Gasteiger partial charge in [0.25, 0.3) is 11.1 Å². The average Bonchev–Trinajstić information content (AvgIpc) is 1.09. The Morgan fingerprint density at radius 1 is 0.452 bits per heavy atom. The standard InChI is InChI=1S/C16H17NO.2C15H18.C12H9NO.2C11H14N2.2C10H13F.C4H10.C2H2I2P2S2.2CH4/c1-5-8-12-11-17(16(2,3)4)15(18)14-10-7-6-9-13(12)14;2*1-11-9-13(15(2,3)4)10-12-7-5-6-8-14(11)12;1-2-5-9-8-13-12(14)11-7-4-3-6-10(9)11;2*1-11(2,3)13-8-6-9-5-4-7-12-10(9)13;2*1-10(2,3)8-5-4-6-9(11)7-8;1-4(2)3;1-2(3)6(4,8)5-7;;/h6-7,9-11H,1-4H3;2*5-10H,1-4H3;3-4,6-8H,1H3,(H,13,14);2*4-8H,1-3H3;2*4-7H,1-3H3;4H,1-3H3;1H2;2*1H4. The van der Waals surface area contributed by atoms with Gasteiger partial charge in [-0.1, -0.05) is 294 Å². The molecule has 1 unspecified atom stereocenters. The van der Waals surface area contributed by atoms with Gasteiger partial charge in [-0.05, 0) is 290 Å². The van der Waals surface area contributed by atoms with Crippen molar-refractivity contribution in [3.8, 4) is 23.7 Å². The molecule has 0 amide bonds. The lowest BCUT2D eigenvalue weighted by molar-refractivity contribution is 0.386. The first-order valence-electron chi connectivity index (χ1n) is 41.1. The molecule has 0 aliphatic heterocycles. The molecule has 1 N–H and O–H groups in total. The number of rotatable bonds is 2. The Morgan fingerprint density at radius 2 is 0.782 bits per heavy atom. The maximum atomic E-state index is 12.7. The third kappa shape index (κ3) is 34.0. The third-order valence-electron chi connectivity index (χ3n) is 19.0. The first-order chi connectivity index (χ1) is 56.6. The number of hydrogen-bond acceptors (Lipinski definition) is 6. The summed E-state index contributed by atoms with van der Waals surface area (Å²) in [4.78, 5) is 35.3. The summed E-state index contributed by atoms with van der Waals surface area (Å²) in [6.07, 6.45) is 11.4. The Morgan fingerprint density at radius 3 is 1.10 bits per heavy atom. The largest absolute Gasteiger partial charge is 0.327 e. The van der Waals surface area contributed by atoms with Crippen LogP contribution in [0.4, 0.5) is 8.78 Å². The zero-order valence-corrected chi connectivity index (χ0v) is 84.9. The molecule has 8 aromatic carbocycles. The number of halogens is 4. The van der Waals surface area contributed by atoms with Crippen LogP contribution in [0.3, 0.4) is 0 Å². The van der Waals surface area contributed by atoms with Crippen molar-refractivity contribution in [2.45, 2.75) is 247 Å². The number of nitrogens with zero attached hydrogens (tertiary/aromatic N) is 5. The fourth-order valence-corrected chi connectivity index (χ4v) is 15.8. The van der Waals surface area contributed by atoms with Crippen molar-refractivity contribution >= 4 is 144 Å². The molecule has 0 aliphatic rings. The highest BCUT2D eigenvalue weighted by Crippen LogP contribution is 2.73. The predicted molar refractivity (Wildman–Crippen MR) is 567 cm³/mol. The summed E-state index contributed by atoms with van der Waals surface area (Å²) < 4.78 is 31.2. The molecule has 14 rings (SSSR count). The number of hydrogen-bond donors (Lipinski definition) is 1. The van der Waals surface area contributed by atoms with Crippen LogP contribution in [0.25, 0.3) is 65.2 Å². The second kappa shape index (κ2) is 48.4. The van der Waals surface area contributed by atoms with Crippen LogP contribution in [0.15, 0.2) is 263 Å². The van der Waals surface area contributed by atoms with Crippen LogP contribution >= 0.6 is 55.0 Å². The molecule has 0 fully saturated rings. The van der Waals surface area contributed by atoms with Crippen molar-refractivity contribution in [3.05, 3.63) is 330 Å². The second-order valence-electron chi connectivity index (χ2n) is 37.5. The topological polar surface area (TPSA) is 90.5 Å². The lowest BCUT2D eigenvalue weighted by Crippen LogP contribution is -2.33. The van der Waals surface area contributed by atoms with Crippen LogP contribution in [-0.4, -0.2) is 28.7 Å². The summed E-state index contributed by atoms with van der Waals surface area (Å²) in [5, 5.41) is 11.1. The number of H-pyrrole nitrogens is 1. The smallest absolute Gasteiger partial charge is 0.258 e. The van der Waals surface area contributed by atoms with E-state index in [0.717, 1.165) is 66.0 Å². The molecule has 0 aliphatic carbocycles. The Balaban J connectivity index is 0.000000360. The number of aromatic nitrogens is 6. The van der Waals surface area contributed by atoms with Gasteiger partial charge in [-0.2, -0.15) is 0 Å². The average molecular weight is 1970 g/mol. The van der Waals surface area contributed by atoms with E-state index in [4.69, 9.17) is 23.6 Å². The van der Waals surface area contributed by atoms with Gasteiger partial charge in [0.05, 0.1) is 0 Å². The van der Waals surface area contributed by atoms with Crippen molar-refractivity contribution < 1.29 is 8.78 Å². The van der Waals surface area contributed by atoms with E-state index in [9.17, 15) is 18.4 Å². The lowest BCUT2D eigenvalue weighted by atomic mass is 9.84. The van der Waals surface area contributed by atoms with Gasteiger partial charge in [-0.25, -0.2) is 18.7 Å². The first-order valence-corrected chi connectivity index (χ1v) is 50.4. The van der Waals surface area contributed by atoms with Crippen LogP contribution < -0.4 is 11.1 Å². The minimum Gasteiger partial charge on any atom is -0.327 e. The molecule has 0 bridgehead atoms. The summed E-state index contributed by atoms with van der Waals surface area (Å²) >= 11 is 14.3. The minimum atomic E-state index is -1.36. The summed E-state index contributed by atoms with van der Waals surface area (Å²) in [5.41, 5.74) is 12.0. The third-order valence-corrected chi connectivity index (χ3v) is 39.1. The molecular weight excluding hydrogens is 1830 g/mol. The van der Waals surface area contributed by atoms with E-state index in [2.05, 4.69) is 368 Å². The van der Waals surface area contributed by atoms with Crippen LogP contribution in [0, 0.1) is 55.1 Å². The van der Waals surface area contributed by atoms with E-state index in [1.807, 2.05) is 106 Å². The molecule has 6 aromatic heterocycles. The van der Waals surface area contributed by atoms with E-state index in [-0.39, 0.29) is 75.9 Å². The van der Waals surface area contributed by atoms with Gasteiger partial charge in [-0.15, -0.1) is 11.8 Å². The maximum Gasteiger partial charge on any atom is 0.258 e. The van der Waals surface area contributed by atoms with Gasteiger partial charge in [0.15, 0.2) is 0 Å². The molecule has 0 spiro atoms. The number of fused-ring (bicyclic) bond motifs is 6. The van der Waals surface area contributed by atoms with Crippen LogP contribution in [0.2, 0.25) is 0 Å². The van der Waals surface area contributed by atoms with Crippen LogP contribution in [-0.2, 0) is 61.9 Å². The van der Waals surface area contributed by atoms with Gasteiger partial charge in [0, 0.05) is 108 Å². The molecule has 0 radical (unpaired) electrons. The van der Waals surface area contributed by atoms with Gasteiger partial charge < -0.3 is 18.7 Å². The lowest BCUT2D eigenvalue weighted by Gasteiger charge is -2.23. The van der Waals surface area contributed by atoms with Gasteiger partial charge in [-0.3, -0.25) is 9.59 Å². The molecule has 8 nitrogen and oxygen atoms in total. The zero-order chi connectivity index (χ0) is 91.7. The summed E-state index contributed by atoms with van der Waals surface area (Å²) in [7, 11) is 0.889. The fourth-order valence-electron chi connectivity index (χ4n) is 12.3. The Labute approximate surface area is 781 Å². The Kier molecular flexibility index (Phi) is 42.8. The number of aromatic amines is 1. The highest BCUT2D eigenvalue weighted by molar-refractivity contribution is 14.2. The molecular formula is C108H136F2I2N6O2P2S2. The first kappa shape index (κ1) is 110. The maximum absolute atomic E-state index is 12.7. The van der Waals surface area contributed by atoms with Gasteiger partial charge >= 0.3 is 0 Å². The molecule has 14 aromatic rings. The van der Waals surface area contributed by atoms with E-state index >= 15 is 0 Å². The SMILES string of the molecule is C.C.C=C(I)P(=S)(I)P=S.CC#Cc1c[nH]c(=O)c2ccccc12.CC#Cc1cn(C(C)(C)C)c(=O)c2ccccc12.CC(C)(C)c1cccc(F)c1.CC(C)(C)c1cccc(F)c1.CC(C)(C)n1ccc2cccnc21.CC(C)(C)n1ccc2cccnc21.CC(C)C.Cc1cc(C(C)(C)C)cc2ccccc12.Cc1cc(C(C)(C)C)cc2ccccc12. The van der Waals surface area contributed by atoms with Crippen molar-refractivity contribution in [3.63, 3.8) is 0 Å². The number of benzene rings is 8. The van der Waals surface area contributed by atoms with Crippen molar-refractivity contribution in [1.82, 2.24) is 28.7 Å². The van der Waals surface area contributed by atoms with E-state index < -0.39 is 3.37 Å². The van der Waals surface area contributed by atoms with Crippen LogP contribution in [0.5, 0.6) is 0 Å². The van der Waals surface area contributed by atoms with E-state index in [1.165, 1.54) is 66.7 Å². The second-order valence-corrected chi connectivity index (χ2v) is 56.2. The van der Waals surface area contributed by atoms with Crippen molar-refractivity contribution in [2.75, 3.05) is 0 Å². The molecule has 0 saturated carbocycles. The Bertz CT molecular complexity index is 5920. The summed E-state index contributed by atoms with van der Waals surface area (Å²) in [6, 6.07) is 67.3. The molecule has 124 heavy (non-hydrogen) atoms. The van der Waals surface area contributed by atoms with E-state index in [1.54, 1.807) is 54.9 Å².